The molecule has 1 amide bonds. The molecule has 0 unspecified atom stereocenters. The monoisotopic (exact) mass is 477 g/mol. The quantitative estimate of drug-likeness (QED) is 0.197. The van der Waals surface area contributed by atoms with Gasteiger partial charge in [-0.15, -0.1) is 17.9 Å². The second kappa shape index (κ2) is 10.5. The van der Waals surface area contributed by atoms with Gasteiger partial charge in [-0.05, 0) is 36.8 Å². The van der Waals surface area contributed by atoms with E-state index in [0.717, 1.165) is 16.9 Å². The lowest BCUT2D eigenvalue weighted by Crippen LogP contribution is -2.23. The molecule has 33 heavy (non-hydrogen) atoms. The Morgan fingerprint density at radius 2 is 1.97 bits per heavy atom. The van der Waals surface area contributed by atoms with Crippen LogP contribution in [-0.2, 0) is 11.3 Å². The van der Waals surface area contributed by atoms with Gasteiger partial charge in [0.1, 0.15) is 10.6 Å². The molecule has 0 spiro atoms. The van der Waals surface area contributed by atoms with Gasteiger partial charge in [-0.2, -0.15) is 0 Å². The fourth-order valence-electron chi connectivity index (χ4n) is 3.36. The van der Waals surface area contributed by atoms with Crippen LogP contribution in [0.5, 0.6) is 5.75 Å². The van der Waals surface area contributed by atoms with Crippen molar-refractivity contribution in [1.82, 2.24) is 9.55 Å². The average Bonchev–Trinajstić information content (AvgIpc) is 3.26. The third kappa shape index (κ3) is 5.18. The first-order chi connectivity index (χ1) is 16.1. The zero-order valence-electron chi connectivity index (χ0n) is 18.1. The summed E-state index contributed by atoms with van der Waals surface area (Å²) in [7, 11) is 0. The number of ether oxygens (including phenoxy) is 1. The van der Waals surface area contributed by atoms with Crippen molar-refractivity contribution in [1.29, 1.82) is 0 Å². The predicted molar refractivity (Wildman–Crippen MR) is 136 cm³/mol. The molecule has 2 aromatic heterocycles. The van der Waals surface area contributed by atoms with E-state index in [1.165, 1.54) is 23.1 Å². The van der Waals surface area contributed by atoms with Gasteiger partial charge in [-0.3, -0.25) is 14.2 Å². The Bertz CT molecular complexity index is 1330. The van der Waals surface area contributed by atoms with E-state index in [1.54, 1.807) is 22.8 Å². The standard InChI is InChI=1S/C25H23N3O3S2/c1-3-14-28-24(30)22-20(17-8-6-5-7-9-17)15-32-23(22)27-25(28)33-16-21(29)26-18-10-12-19(13-11-18)31-4-2/h3,5-13,15H,1,4,14,16H2,2H3,(H,26,29). The first-order valence-electron chi connectivity index (χ1n) is 10.4. The van der Waals surface area contributed by atoms with Gasteiger partial charge < -0.3 is 10.1 Å². The van der Waals surface area contributed by atoms with Crippen LogP contribution in [0.2, 0.25) is 0 Å². The number of rotatable bonds is 9. The van der Waals surface area contributed by atoms with Crippen LogP contribution >= 0.6 is 23.1 Å². The molecule has 0 radical (unpaired) electrons. The third-order valence-electron chi connectivity index (χ3n) is 4.84. The van der Waals surface area contributed by atoms with Crippen molar-refractivity contribution in [3.05, 3.63) is 83.0 Å². The third-order valence-corrected chi connectivity index (χ3v) is 6.69. The summed E-state index contributed by atoms with van der Waals surface area (Å²) in [6.07, 6.45) is 1.66. The molecule has 2 heterocycles. The van der Waals surface area contributed by atoms with Crippen molar-refractivity contribution in [2.24, 2.45) is 0 Å². The molecule has 2 aromatic carbocycles. The van der Waals surface area contributed by atoms with Crippen LogP contribution in [0.4, 0.5) is 5.69 Å². The molecule has 0 fully saturated rings. The van der Waals surface area contributed by atoms with Gasteiger partial charge in [0.2, 0.25) is 5.91 Å². The van der Waals surface area contributed by atoms with E-state index in [0.29, 0.717) is 34.2 Å². The summed E-state index contributed by atoms with van der Waals surface area (Å²) in [4.78, 5) is 31.3. The summed E-state index contributed by atoms with van der Waals surface area (Å²) in [5.74, 6) is 0.695. The highest BCUT2D eigenvalue weighted by atomic mass is 32.2. The number of thiophene rings is 1. The molecule has 168 valence electrons. The fraction of sp³-hybridized carbons (Fsp3) is 0.160. The number of allylic oxidation sites excluding steroid dienone is 1. The minimum Gasteiger partial charge on any atom is -0.494 e. The summed E-state index contributed by atoms with van der Waals surface area (Å²) in [6, 6.07) is 17.0. The zero-order chi connectivity index (χ0) is 23.2. The van der Waals surface area contributed by atoms with Gasteiger partial charge in [0, 0.05) is 23.2 Å². The fourth-order valence-corrected chi connectivity index (χ4v) is 5.16. The minimum atomic E-state index is -0.181. The highest BCUT2D eigenvalue weighted by Gasteiger charge is 2.17. The van der Waals surface area contributed by atoms with Crippen LogP contribution in [0.25, 0.3) is 21.3 Å². The Hall–Kier alpha value is -3.36. The number of amides is 1. The molecule has 1 N–H and O–H groups in total. The summed E-state index contributed by atoms with van der Waals surface area (Å²) in [5.41, 5.74) is 2.40. The lowest BCUT2D eigenvalue weighted by Gasteiger charge is -2.11. The smallest absolute Gasteiger partial charge is 0.263 e. The molecule has 0 saturated heterocycles. The Morgan fingerprint density at radius 3 is 2.67 bits per heavy atom. The first kappa shape index (κ1) is 22.8. The maximum absolute atomic E-state index is 13.4. The molecule has 0 aliphatic carbocycles. The molecular weight excluding hydrogens is 454 g/mol. The molecule has 4 aromatic rings. The van der Waals surface area contributed by atoms with E-state index >= 15 is 0 Å². The molecule has 0 saturated carbocycles. The van der Waals surface area contributed by atoms with Crippen LogP contribution < -0.4 is 15.6 Å². The van der Waals surface area contributed by atoms with E-state index in [2.05, 4.69) is 11.9 Å². The number of hydrogen-bond donors (Lipinski definition) is 1. The lowest BCUT2D eigenvalue weighted by atomic mass is 10.1. The van der Waals surface area contributed by atoms with Gasteiger partial charge >= 0.3 is 0 Å². The van der Waals surface area contributed by atoms with Crippen molar-refractivity contribution < 1.29 is 9.53 Å². The number of benzene rings is 2. The predicted octanol–water partition coefficient (Wildman–Crippen LogP) is 5.44. The number of fused-ring (bicyclic) bond motifs is 1. The lowest BCUT2D eigenvalue weighted by molar-refractivity contribution is -0.113. The number of nitrogens with one attached hydrogen (secondary N) is 1. The van der Waals surface area contributed by atoms with E-state index in [4.69, 9.17) is 9.72 Å². The van der Waals surface area contributed by atoms with Crippen LogP contribution in [-0.4, -0.2) is 27.8 Å². The molecule has 6 nitrogen and oxygen atoms in total. The van der Waals surface area contributed by atoms with Gasteiger partial charge in [-0.1, -0.05) is 48.2 Å². The number of hydrogen-bond acceptors (Lipinski definition) is 6. The molecular formula is C25H23N3O3S2. The Balaban J connectivity index is 1.56. The molecule has 4 rings (SSSR count). The minimum absolute atomic E-state index is 0.124. The number of thioether (sulfide) groups is 1. The largest absolute Gasteiger partial charge is 0.494 e. The maximum atomic E-state index is 13.4. The maximum Gasteiger partial charge on any atom is 0.263 e. The first-order valence-corrected chi connectivity index (χ1v) is 12.3. The normalized spacial score (nSPS) is 10.8. The highest BCUT2D eigenvalue weighted by molar-refractivity contribution is 7.99. The van der Waals surface area contributed by atoms with Gasteiger partial charge in [-0.25, -0.2) is 4.98 Å². The van der Waals surface area contributed by atoms with E-state index < -0.39 is 0 Å². The van der Waals surface area contributed by atoms with Crippen LogP contribution in [0.15, 0.2) is 82.6 Å². The van der Waals surface area contributed by atoms with Crippen LogP contribution in [0.3, 0.4) is 0 Å². The number of nitrogens with zero attached hydrogens (tertiary/aromatic N) is 2. The van der Waals surface area contributed by atoms with Crippen molar-refractivity contribution in [2.75, 3.05) is 17.7 Å². The van der Waals surface area contributed by atoms with Gasteiger partial charge in [0.05, 0.1) is 17.7 Å². The SMILES string of the molecule is C=CCn1c(SCC(=O)Nc2ccc(OCC)cc2)nc2scc(-c3ccccc3)c2c1=O. The van der Waals surface area contributed by atoms with Crippen molar-refractivity contribution in [3.8, 4) is 16.9 Å². The summed E-state index contributed by atoms with van der Waals surface area (Å²) < 4.78 is 6.99. The van der Waals surface area contributed by atoms with Crippen molar-refractivity contribution >= 4 is 44.9 Å². The molecule has 0 bridgehead atoms. The Labute approximate surface area is 199 Å². The number of carbonyl (C=O) groups is 1. The molecule has 0 atom stereocenters. The average molecular weight is 478 g/mol. The van der Waals surface area contributed by atoms with Crippen molar-refractivity contribution in [2.45, 2.75) is 18.6 Å². The summed E-state index contributed by atoms with van der Waals surface area (Å²) >= 11 is 2.66. The van der Waals surface area contributed by atoms with E-state index in [9.17, 15) is 9.59 Å². The second-order valence-electron chi connectivity index (χ2n) is 7.09. The Kier molecular flexibility index (Phi) is 7.26. The van der Waals surface area contributed by atoms with E-state index in [-0.39, 0.29) is 17.2 Å². The zero-order valence-corrected chi connectivity index (χ0v) is 19.7. The Morgan fingerprint density at radius 1 is 1.21 bits per heavy atom. The number of aromatic nitrogens is 2. The van der Waals surface area contributed by atoms with Crippen LogP contribution in [0, 0.1) is 0 Å². The van der Waals surface area contributed by atoms with Gasteiger partial charge in [0.15, 0.2) is 5.16 Å². The topological polar surface area (TPSA) is 73.2 Å². The summed E-state index contributed by atoms with van der Waals surface area (Å²) in [5, 5.41) is 5.91. The molecule has 8 heteroatoms. The van der Waals surface area contributed by atoms with Crippen molar-refractivity contribution in [3.63, 3.8) is 0 Å². The highest BCUT2D eigenvalue weighted by Crippen LogP contribution is 2.32. The molecule has 0 aliphatic rings. The van der Waals surface area contributed by atoms with E-state index in [1.807, 2.05) is 54.8 Å². The summed E-state index contributed by atoms with van der Waals surface area (Å²) in [6.45, 7) is 6.59. The second-order valence-corrected chi connectivity index (χ2v) is 8.89. The number of carbonyl (C=O) groups excluding carboxylic acids is 1. The van der Waals surface area contributed by atoms with Gasteiger partial charge in [0.25, 0.3) is 5.56 Å². The van der Waals surface area contributed by atoms with Crippen LogP contribution in [0.1, 0.15) is 6.92 Å². The number of anilines is 1. The molecule has 0 aliphatic heterocycles.